The first kappa shape index (κ1) is 10.5. The van der Waals surface area contributed by atoms with Gasteiger partial charge >= 0.3 is 0 Å². The highest BCUT2D eigenvalue weighted by molar-refractivity contribution is 5.95. The fourth-order valence-electron chi connectivity index (χ4n) is 1.31. The molecule has 0 unspecified atom stereocenters. The lowest BCUT2D eigenvalue weighted by molar-refractivity contribution is 0.0967. The Balaban J connectivity index is 2.07. The van der Waals surface area contributed by atoms with Crippen LogP contribution in [0.1, 0.15) is 16.1 Å². The summed E-state index contributed by atoms with van der Waals surface area (Å²) in [6, 6.07) is 0. The molecule has 0 saturated carbocycles. The van der Waals surface area contributed by atoms with Gasteiger partial charge in [0.15, 0.2) is 5.78 Å². The van der Waals surface area contributed by atoms with E-state index in [1.165, 1.54) is 10.9 Å². The van der Waals surface area contributed by atoms with E-state index < -0.39 is 0 Å². The number of carbonyl (C=O) groups excluding carboxylic acids is 1. The van der Waals surface area contributed by atoms with Crippen molar-refractivity contribution in [1.82, 2.24) is 24.8 Å². The third-order valence-corrected chi connectivity index (χ3v) is 2.13. The molecule has 2 N–H and O–H groups in total. The SMILES string of the molecule is Cn1cc(C(=O)Cn2cc(CN)nn2)cn1. The molecule has 0 saturated heterocycles. The van der Waals surface area contributed by atoms with Gasteiger partial charge in [0, 0.05) is 19.8 Å². The van der Waals surface area contributed by atoms with Crippen LogP contribution in [0.5, 0.6) is 0 Å². The zero-order valence-electron chi connectivity index (χ0n) is 8.87. The third-order valence-electron chi connectivity index (χ3n) is 2.13. The number of Topliss-reactive ketones (excluding diaryl/α,β-unsaturated/α-hetero) is 1. The highest BCUT2D eigenvalue weighted by atomic mass is 16.1. The number of nitrogens with two attached hydrogens (primary N) is 1. The van der Waals surface area contributed by atoms with Gasteiger partial charge in [0.25, 0.3) is 0 Å². The summed E-state index contributed by atoms with van der Waals surface area (Å²) in [6.07, 6.45) is 4.86. The van der Waals surface area contributed by atoms with Crippen LogP contribution in [0.4, 0.5) is 0 Å². The van der Waals surface area contributed by atoms with E-state index in [-0.39, 0.29) is 12.3 Å². The van der Waals surface area contributed by atoms with Gasteiger partial charge in [-0.05, 0) is 0 Å². The first-order chi connectivity index (χ1) is 7.69. The van der Waals surface area contributed by atoms with E-state index in [0.717, 1.165) is 0 Å². The summed E-state index contributed by atoms with van der Waals surface area (Å²) in [4.78, 5) is 11.8. The Morgan fingerprint density at radius 2 is 2.31 bits per heavy atom. The monoisotopic (exact) mass is 220 g/mol. The van der Waals surface area contributed by atoms with E-state index in [1.54, 1.807) is 24.1 Å². The molecular weight excluding hydrogens is 208 g/mol. The minimum absolute atomic E-state index is 0.0541. The zero-order valence-corrected chi connectivity index (χ0v) is 8.87. The number of aryl methyl sites for hydroxylation is 1. The number of carbonyl (C=O) groups is 1. The molecule has 2 aromatic rings. The van der Waals surface area contributed by atoms with Gasteiger partial charge in [0.05, 0.1) is 23.7 Å². The van der Waals surface area contributed by atoms with Gasteiger partial charge in [-0.3, -0.25) is 9.48 Å². The lowest BCUT2D eigenvalue weighted by Crippen LogP contribution is -2.10. The predicted molar refractivity (Wildman–Crippen MR) is 55.5 cm³/mol. The van der Waals surface area contributed by atoms with Crippen LogP contribution in [0.3, 0.4) is 0 Å². The third kappa shape index (κ3) is 2.14. The molecule has 7 heteroatoms. The molecule has 0 aliphatic rings. The maximum Gasteiger partial charge on any atom is 0.187 e. The second-order valence-corrected chi connectivity index (χ2v) is 3.44. The molecule has 0 amide bonds. The summed E-state index contributed by atoms with van der Waals surface area (Å²) in [5.41, 5.74) is 6.62. The Hall–Kier alpha value is -2.02. The summed E-state index contributed by atoms with van der Waals surface area (Å²) < 4.78 is 3.05. The van der Waals surface area contributed by atoms with Crippen LogP contribution in [0, 0.1) is 0 Å². The molecule has 0 bridgehead atoms. The molecule has 7 nitrogen and oxygen atoms in total. The van der Waals surface area contributed by atoms with Gasteiger partial charge < -0.3 is 5.73 Å². The van der Waals surface area contributed by atoms with Crippen LogP contribution in [-0.2, 0) is 20.1 Å². The van der Waals surface area contributed by atoms with Crippen molar-refractivity contribution in [2.24, 2.45) is 12.8 Å². The highest BCUT2D eigenvalue weighted by Crippen LogP contribution is 2.00. The molecule has 2 aromatic heterocycles. The van der Waals surface area contributed by atoms with Crippen molar-refractivity contribution in [2.45, 2.75) is 13.1 Å². The number of rotatable bonds is 4. The molecule has 0 spiro atoms. The molecular formula is C9H12N6O. The van der Waals surface area contributed by atoms with Crippen molar-refractivity contribution < 1.29 is 4.79 Å². The number of hydrogen-bond acceptors (Lipinski definition) is 5. The van der Waals surface area contributed by atoms with Crippen LogP contribution in [-0.4, -0.2) is 30.6 Å². The minimum atomic E-state index is -0.0541. The fourth-order valence-corrected chi connectivity index (χ4v) is 1.31. The molecule has 2 heterocycles. The second kappa shape index (κ2) is 4.23. The zero-order chi connectivity index (χ0) is 11.5. The normalized spacial score (nSPS) is 10.6. The maximum absolute atomic E-state index is 11.8. The Labute approximate surface area is 91.9 Å². The Bertz CT molecular complexity index is 500. The fraction of sp³-hybridized carbons (Fsp3) is 0.333. The van der Waals surface area contributed by atoms with Crippen LogP contribution in [0.15, 0.2) is 18.6 Å². The Morgan fingerprint density at radius 1 is 1.50 bits per heavy atom. The lowest BCUT2D eigenvalue weighted by Gasteiger charge is -1.96. The maximum atomic E-state index is 11.8. The lowest BCUT2D eigenvalue weighted by atomic mass is 10.2. The van der Waals surface area contributed by atoms with Crippen LogP contribution in [0.25, 0.3) is 0 Å². The largest absolute Gasteiger partial charge is 0.325 e. The minimum Gasteiger partial charge on any atom is -0.325 e. The second-order valence-electron chi connectivity index (χ2n) is 3.44. The average molecular weight is 220 g/mol. The van der Waals surface area contributed by atoms with Crippen LogP contribution >= 0.6 is 0 Å². The highest BCUT2D eigenvalue weighted by Gasteiger charge is 2.09. The molecule has 16 heavy (non-hydrogen) atoms. The Morgan fingerprint density at radius 3 is 2.88 bits per heavy atom. The van der Waals surface area contributed by atoms with Crippen molar-refractivity contribution in [3.8, 4) is 0 Å². The quantitative estimate of drug-likeness (QED) is 0.691. The topological polar surface area (TPSA) is 91.6 Å². The molecule has 0 aliphatic carbocycles. The van der Waals surface area contributed by atoms with Gasteiger partial charge in [-0.15, -0.1) is 5.10 Å². The molecule has 0 radical (unpaired) electrons. The number of nitrogens with zero attached hydrogens (tertiary/aromatic N) is 5. The predicted octanol–water partition coefficient (Wildman–Crippen LogP) is -0.647. The van der Waals surface area contributed by atoms with Gasteiger partial charge in [0.1, 0.15) is 6.54 Å². The molecule has 0 aliphatic heterocycles. The van der Waals surface area contributed by atoms with Gasteiger partial charge in [-0.1, -0.05) is 5.21 Å². The molecule has 0 fully saturated rings. The summed E-state index contributed by atoms with van der Waals surface area (Å²) >= 11 is 0. The van der Waals surface area contributed by atoms with E-state index >= 15 is 0 Å². The first-order valence-corrected chi connectivity index (χ1v) is 4.80. The summed E-state index contributed by atoms with van der Waals surface area (Å²) in [5, 5.41) is 11.5. The van der Waals surface area contributed by atoms with Crippen LogP contribution < -0.4 is 5.73 Å². The summed E-state index contributed by atoms with van der Waals surface area (Å²) in [6.45, 7) is 0.472. The van der Waals surface area contributed by atoms with Crippen molar-refractivity contribution in [2.75, 3.05) is 0 Å². The van der Waals surface area contributed by atoms with Crippen molar-refractivity contribution in [1.29, 1.82) is 0 Å². The number of ketones is 1. The molecule has 0 aromatic carbocycles. The number of hydrogen-bond donors (Lipinski definition) is 1. The Kier molecular flexibility index (Phi) is 2.78. The van der Waals surface area contributed by atoms with Crippen molar-refractivity contribution >= 4 is 5.78 Å². The van der Waals surface area contributed by atoms with E-state index in [1.807, 2.05) is 0 Å². The average Bonchev–Trinajstić information content (AvgIpc) is 2.87. The van der Waals surface area contributed by atoms with Crippen molar-refractivity contribution in [3.63, 3.8) is 0 Å². The summed E-state index contributed by atoms with van der Waals surface area (Å²) in [5.74, 6) is -0.0541. The van der Waals surface area contributed by atoms with E-state index in [4.69, 9.17) is 5.73 Å². The molecule has 84 valence electrons. The van der Waals surface area contributed by atoms with Gasteiger partial charge in [-0.2, -0.15) is 5.10 Å². The standard InChI is InChI=1S/C9H12N6O/c1-14-4-7(3-11-14)9(16)6-15-5-8(2-10)12-13-15/h3-5H,2,6,10H2,1H3. The summed E-state index contributed by atoms with van der Waals surface area (Å²) in [7, 11) is 1.76. The van der Waals surface area contributed by atoms with Crippen molar-refractivity contribution in [3.05, 3.63) is 29.8 Å². The van der Waals surface area contributed by atoms with E-state index in [0.29, 0.717) is 17.8 Å². The smallest absolute Gasteiger partial charge is 0.187 e. The first-order valence-electron chi connectivity index (χ1n) is 4.80. The van der Waals surface area contributed by atoms with Crippen LogP contribution in [0.2, 0.25) is 0 Å². The molecule has 2 rings (SSSR count). The van der Waals surface area contributed by atoms with Gasteiger partial charge in [-0.25, -0.2) is 4.68 Å². The van der Waals surface area contributed by atoms with Gasteiger partial charge in [0.2, 0.25) is 0 Å². The number of aromatic nitrogens is 5. The van der Waals surface area contributed by atoms with E-state index in [2.05, 4.69) is 15.4 Å². The van der Waals surface area contributed by atoms with E-state index in [9.17, 15) is 4.79 Å². The molecule has 0 atom stereocenters.